The maximum atomic E-state index is 5.94. The SMILES string of the molecule is CC(CN1CCCC1)NCc1ccc2c(c1)CC(C)(C)O2. The predicted molar refractivity (Wildman–Crippen MR) is 86.8 cm³/mol. The van der Waals surface area contributed by atoms with Gasteiger partial charge in [-0.3, -0.25) is 0 Å². The Kier molecular flexibility index (Phi) is 4.23. The van der Waals surface area contributed by atoms with Gasteiger partial charge in [0, 0.05) is 25.6 Å². The highest BCUT2D eigenvalue weighted by molar-refractivity contribution is 5.41. The average molecular weight is 288 g/mol. The number of likely N-dealkylation sites (tertiary alicyclic amines) is 1. The van der Waals surface area contributed by atoms with Crippen LogP contribution in [0.3, 0.4) is 0 Å². The maximum absolute atomic E-state index is 5.94. The van der Waals surface area contributed by atoms with Crippen LogP contribution in [0.2, 0.25) is 0 Å². The topological polar surface area (TPSA) is 24.5 Å². The molecule has 0 bridgehead atoms. The Labute approximate surface area is 128 Å². The number of fused-ring (bicyclic) bond motifs is 1. The van der Waals surface area contributed by atoms with Gasteiger partial charge in [0.25, 0.3) is 0 Å². The second-order valence-corrected chi connectivity index (χ2v) is 7.27. The molecule has 1 atom stereocenters. The quantitative estimate of drug-likeness (QED) is 0.901. The van der Waals surface area contributed by atoms with Crippen molar-refractivity contribution in [3.8, 4) is 5.75 Å². The van der Waals surface area contributed by atoms with Crippen molar-refractivity contribution in [2.75, 3.05) is 19.6 Å². The fourth-order valence-electron chi connectivity index (χ4n) is 3.48. The van der Waals surface area contributed by atoms with E-state index in [0.29, 0.717) is 6.04 Å². The summed E-state index contributed by atoms with van der Waals surface area (Å²) in [5.74, 6) is 1.06. The van der Waals surface area contributed by atoms with Crippen molar-refractivity contribution in [1.29, 1.82) is 0 Å². The lowest BCUT2D eigenvalue weighted by Crippen LogP contribution is -2.37. The first-order chi connectivity index (χ1) is 10.0. The lowest BCUT2D eigenvalue weighted by Gasteiger charge is -2.21. The largest absolute Gasteiger partial charge is 0.487 e. The first kappa shape index (κ1) is 14.9. The van der Waals surface area contributed by atoms with E-state index in [-0.39, 0.29) is 5.60 Å². The number of ether oxygens (including phenoxy) is 1. The fraction of sp³-hybridized carbons (Fsp3) is 0.667. The van der Waals surface area contributed by atoms with E-state index in [4.69, 9.17) is 4.74 Å². The molecule has 2 aliphatic heterocycles. The molecule has 3 nitrogen and oxygen atoms in total. The molecule has 2 aliphatic rings. The van der Waals surface area contributed by atoms with Gasteiger partial charge >= 0.3 is 0 Å². The molecule has 0 saturated carbocycles. The van der Waals surface area contributed by atoms with Gasteiger partial charge in [0.1, 0.15) is 11.4 Å². The number of hydrogen-bond donors (Lipinski definition) is 1. The second kappa shape index (κ2) is 5.98. The molecule has 0 spiro atoms. The van der Waals surface area contributed by atoms with Crippen LogP contribution in [0.25, 0.3) is 0 Å². The third-order valence-electron chi connectivity index (χ3n) is 4.51. The van der Waals surface area contributed by atoms with Gasteiger partial charge in [0.2, 0.25) is 0 Å². The van der Waals surface area contributed by atoms with Gasteiger partial charge in [0.15, 0.2) is 0 Å². The molecule has 21 heavy (non-hydrogen) atoms. The normalized spacial score (nSPS) is 22.0. The summed E-state index contributed by atoms with van der Waals surface area (Å²) in [5, 5.41) is 3.66. The van der Waals surface area contributed by atoms with Crippen LogP contribution in [0, 0.1) is 0 Å². The Morgan fingerprint density at radius 3 is 2.81 bits per heavy atom. The van der Waals surface area contributed by atoms with Crippen molar-refractivity contribution < 1.29 is 4.74 Å². The number of nitrogens with one attached hydrogen (secondary N) is 1. The molecule has 1 N–H and O–H groups in total. The van der Waals surface area contributed by atoms with E-state index in [2.05, 4.69) is 49.2 Å². The minimum Gasteiger partial charge on any atom is -0.487 e. The van der Waals surface area contributed by atoms with Crippen molar-refractivity contribution in [2.45, 2.75) is 58.2 Å². The lowest BCUT2D eigenvalue weighted by atomic mass is 10.0. The van der Waals surface area contributed by atoms with Gasteiger partial charge in [-0.05, 0) is 63.9 Å². The summed E-state index contributed by atoms with van der Waals surface area (Å²) < 4.78 is 5.94. The van der Waals surface area contributed by atoms with Crippen LogP contribution in [-0.4, -0.2) is 36.2 Å². The summed E-state index contributed by atoms with van der Waals surface area (Å²) in [5.41, 5.74) is 2.67. The van der Waals surface area contributed by atoms with Gasteiger partial charge in [-0.25, -0.2) is 0 Å². The second-order valence-electron chi connectivity index (χ2n) is 7.27. The highest BCUT2D eigenvalue weighted by Crippen LogP contribution is 2.35. The molecular weight excluding hydrogens is 260 g/mol. The molecule has 0 radical (unpaired) electrons. The smallest absolute Gasteiger partial charge is 0.123 e. The Morgan fingerprint density at radius 2 is 2.05 bits per heavy atom. The van der Waals surface area contributed by atoms with E-state index in [1.165, 1.54) is 43.6 Å². The van der Waals surface area contributed by atoms with Crippen molar-refractivity contribution in [1.82, 2.24) is 10.2 Å². The number of benzene rings is 1. The van der Waals surface area contributed by atoms with Gasteiger partial charge < -0.3 is 15.0 Å². The van der Waals surface area contributed by atoms with E-state index in [9.17, 15) is 0 Å². The average Bonchev–Trinajstić information content (AvgIpc) is 3.01. The number of rotatable bonds is 5. The third-order valence-corrected chi connectivity index (χ3v) is 4.51. The van der Waals surface area contributed by atoms with Crippen molar-refractivity contribution in [3.63, 3.8) is 0 Å². The monoisotopic (exact) mass is 288 g/mol. The Hall–Kier alpha value is -1.06. The molecule has 0 aliphatic carbocycles. The zero-order valence-electron chi connectivity index (χ0n) is 13.6. The molecule has 0 amide bonds. The van der Waals surface area contributed by atoms with Crippen LogP contribution in [0.15, 0.2) is 18.2 Å². The highest BCUT2D eigenvalue weighted by Gasteiger charge is 2.29. The first-order valence-corrected chi connectivity index (χ1v) is 8.28. The number of hydrogen-bond acceptors (Lipinski definition) is 3. The summed E-state index contributed by atoms with van der Waals surface area (Å²) in [4.78, 5) is 2.57. The van der Waals surface area contributed by atoms with Crippen LogP contribution < -0.4 is 10.1 Å². The molecule has 3 heteroatoms. The van der Waals surface area contributed by atoms with Crippen LogP contribution in [-0.2, 0) is 13.0 Å². The van der Waals surface area contributed by atoms with Crippen LogP contribution in [0.4, 0.5) is 0 Å². The molecule has 1 saturated heterocycles. The van der Waals surface area contributed by atoms with E-state index >= 15 is 0 Å². The summed E-state index contributed by atoms with van der Waals surface area (Å²) in [6.07, 6.45) is 3.75. The van der Waals surface area contributed by atoms with Gasteiger partial charge in [-0.2, -0.15) is 0 Å². The van der Waals surface area contributed by atoms with Crippen molar-refractivity contribution in [2.24, 2.45) is 0 Å². The summed E-state index contributed by atoms with van der Waals surface area (Å²) in [7, 11) is 0. The molecule has 116 valence electrons. The molecule has 1 aromatic rings. The molecule has 1 aromatic carbocycles. The zero-order chi connectivity index (χ0) is 14.9. The Morgan fingerprint density at radius 1 is 1.29 bits per heavy atom. The van der Waals surface area contributed by atoms with E-state index in [1.54, 1.807) is 0 Å². The van der Waals surface area contributed by atoms with Gasteiger partial charge in [0.05, 0.1) is 0 Å². The molecule has 1 unspecified atom stereocenters. The Bertz CT molecular complexity index is 492. The predicted octanol–water partition coefficient (Wildman–Crippen LogP) is 2.97. The van der Waals surface area contributed by atoms with Gasteiger partial charge in [-0.15, -0.1) is 0 Å². The van der Waals surface area contributed by atoms with Gasteiger partial charge in [-0.1, -0.05) is 12.1 Å². The molecule has 2 heterocycles. The highest BCUT2D eigenvalue weighted by atomic mass is 16.5. The molecule has 0 aromatic heterocycles. The van der Waals surface area contributed by atoms with Crippen LogP contribution >= 0.6 is 0 Å². The maximum Gasteiger partial charge on any atom is 0.123 e. The number of nitrogens with zero attached hydrogens (tertiary/aromatic N) is 1. The van der Waals surface area contributed by atoms with Crippen LogP contribution in [0.5, 0.6) is 5.75 Å². The summed E-state index contributed by atoms with van der Waals surface area (Å²) in [6, 6.07) is 7.17. The molecule has 1 fully saturated rings. The zero-order valence-corrected chi connectivity index (χ0v) is 13.6. The van der Waals surface area contributed by atoms with Crippen molar-refractivity contribution in [3.05, 3.63) is 29.3 Å². The summed E-state index contributed by atoms with van der Waals surface area (Å²) in [6.45, 7) is 11.3. The minimum absolute atomic E-state index is 0.0442. The first-order valence-electron chi connectivity index (χ1n) is 8.28. The van der Waals surface area contributed by atoms with E-state index < -0.39 is 0 Å². The fourth-order valence-corrected chi connectivity index (χ4v) is 3.48. The lowest BCUT2D eigenvalue weighted by molar-refractivity contribution is 0.138. The van der Waals surface area contributed by atoms with Crippen molar-refractivity contribution >= 4 is 0 Å². The molecular formula is C18H28N2O. The minimum atomic E-state index is -0.0442. The van der Waals surface area contributed by atoms with E-state index in [1.807, 2.05) is 0 Å². The van der Waals surface area contributed by atoms with E-state index in [0.717, 1.165) is 18.7 Å². The standard InChI is InChI=1S/C18H28N2O/c1-14(13-20-8-4-5-9-20)19-12-15-6-7-17-16(10-15)11-18(2,3)21-17/h6-7,10,14,19H,4-5,8-9,11-13H2,1-3H3. The third kappa shape index (κ3) is 3.78. The summed E-state index contributed by atoms with van der Waals surface area (Å²) >= 11 is 0. The van der Waals surface area contributed by atoms with Crippen LogP contribution in [0.1, 0.15) is 44.7 Å². The molecule has 3 rings (SSSR count). The Balaban J connectivity index is 1.52.